The Balaban J connectivity index is 1.94. The highest BCUT2D eigenvalue weighted by molar-refractivity contribution is 5.91. The summed E-state index contributed by atoms with van der Waals surface area (Å²) in [6.45, 7) is 8.41. The van der Waals surface area contributed by atoms with Crippen LogP contribution in [0, 0.1) is 6.92 Å². The molecule has 6 nitrogen and oxygen atoms in total. The monoisotopic (exact) mass is 335 g/mol. The van der Waals surface area contributed by atoms with Crippen LogP contribution in [0.25, 0.3) is 0 Å². The van der Waals surface area contributed by atoms with Crippen molar-refractivity contribution in [2.45, 2.75) is 45.8 Å². The van der Waals surface area contributed by atoms with Crippen LogP contribution >= 0.6 is 0 Å². The molecule has 0 radical (unpaired) electrons. The molecule has 132 valence electrons. The summed E-state index contributed by atoms with van der Waals surface area (Å²) in [6.07, 6.45) is 0.552. The second-order valence-electron chi connectivity index (χ2n) is 6.90. The minimum absolute atomic E-state index is 0.0114. The van der Waals surface area contributed by atoms with E-state index in [1.807, 2.05) is 33.8 Å². The number of likely N-dealkylation sites (tertiary alicyclic amines) is 1. The van der Waals surface area contributed by atoms with Gasteiger partial charge in [-0.1, -0.05) is 6.07 Å². The van der Waals surface area contributed by atoms with Gasteiger partial charge in [-0.15, -0.1) is 0 Å². The average Bonchev–Trinajstić information content (AvgIpc) is 2.45. The molecule has 1 heterocycles. The van der Waals surface area contributed by atoms with E-state index >= 15 is 0 Å². The standard InChI is InChI=1S/C18H25NO5/c1-12-6-7-14(10-15(12)16(20)22-5)23-11-13-8-9-19(13)17(21)24-18(2,3)4/h6-7,10,13H,8-9,11H2,1-5H3/t13-/m0/s1. The number of carbonyl (C=O) groups is 2. The number of amides is 1. The largest absolute Gasteiger partial charge is 0.491 e. The van der Waals surface area contributed by atoms with E-state index in [0.717, 1.165) is 12.0 Å². The fraction of sp³-hybridized carbons (Fsp3) is 0.556. The molecule has 0 aromatic heterocycles. The van der Waals surface area contributed by atoms with Crippen molar-refractivity contribution >= 4 is 12.1 Å². The van der Waals surface area contributed by atoms with Gasteiger partial charge >= 0.3 is 12.1 Å². The van der Waals surface area contributed by atoms with Crippen LogP contribution in [0.3, 0.4) is 0 Å². The fourth-order valence-corrected chi connectivity index (χ4v) is 2.39. The fourth-order valence-electron chi connectivity index (χ4n) is 2.39. The molecule has 1 amide bonds. The SMILES string of the molecule is COC(=O)c1cc(OC[C@@H]2CCN2C(=O)OC(C)(C)C)ccc1C. The van der Waals surface area contributed by atoms with Gasteiger partial charge in [-0.2, -0.15) is 0 Å². The van der Waals surface area contributed by atoms with Gasteiger partial charge < -0.3 is 19.1 Å². The van der Waals surface area contributed by atoms with Crippen LogP contribution in [0.15, 0.2) is 18.2 Å². The molecule has 1 aromatic rings. The van der Waals surface area contributed by atoms with Gasteiger partial charge in [-0.3, -0.25) is 0 Å². The number of hydrogen-bond donors (Lipinski definition) is 0. The zero-order valence-corrected chi connectivity index (χ0v) is 14.9. The normalized spacial score (nSPS) is 17.0. The smallest absolute Gasteiger partial charge is 0.410 e. The summed E-state index contributed by atoms with van der Waals surface area (Å²) in [5.74, 6) is 0.189. The number of hydrogen-bond acceptors (Lipinski definition) is 5. The van der Waals surface area contributed by atoms with E-state index in [1.54, 1.807) is 17.0 Å². The Hall–Kier alpha value is -2.24. The predicted molar refractivity (Wildman–Crippen MR) is 89.4 cm³/mol. The Kier molecular flexibility index (Phi) is 5.36. The van der Waals surface area contributed by atoms with Crippen molar-refractivity contribution in [2.75, 3.05) is 20.3 Å². The second kappa shape index (κ2) is 7.11. The number of benzene rings is 1. The maximum Gasteiger partial charge on any atom is 0.410 e. The summed E-state index contributed by atoms with van der Waals surface area (Å²) in [5, 5.41) is 0. The zero-order chi connectivity index (χ0) is 17.9. The molecule has 0 saturated carbocycles. The highest BCUT2D eigenvalue weighted by Crippen LogP contribution is 2.24. The van der Waals surface area contributed by atoms with E-state index in [4.69, 9.17) is 14.2 Å². The Morgan fingerprint density at radius 3 is 2.54 bits per heavy atom. The first-order chi connectivity index (χ1) is 11.2. The van der Waals surface area contributed by atoms with Gasteiger partial charge in [-0.05, 0) is 51.8 Å². The van der Waals surface area contributed by atoms with Crippen molar-refractivity contribution in [3.63, 3.8) is 0 Å². The second-order valence-corrected chi connectivity index (χ2v) is 6.90. The van der Waals surface area contributed by atoms with Gasteiger partial charge in [0.15, 0.2) is 0 Å². The molecule has 1 aromatic carbocycles. The molecule has 1 fully saturated rings. The number of nitrogens with zero attached hydrogens (tertiary/aromatic N) is 1. The number of esters is 1. The molecule has 24 heavy (non-hydrogen) atoms. The molecule has 0 spiro atoms. The third-order valence-corrected chi connectivity index (χ3v) is 3.83. The molecule has 1 saturated heterocycles. The molecular weight excluding hydrogens is 310 g/mol. The quantitative estimate of drug-likeness (QED) is 0.791. The van der Waals surface area contributed by atoms with Crippen LogP contribution in [0.2, 0.25) is 0 Å². The molecule has 1 aliphatic rings. The first-order valence-corrected chi connectivity index (χ1v) is 8.02. The number of methoxy groups -OCH3 is 1. The molecule has 1 atom stereocenters. The van der Waals surface area contributed by atoms with Crippen LogP contribution in [-0.4, -0.2) is 48.9 Å². The maximum absolute atomic E-state index is 12.1. The van der Waals surface area contributed by atoms with Gasteiger partial charge in [0.1, 0.15) is 18.0 Å². The molecule has 0 unspecified atom stereocenters. The Bertz CT molecular complexity index is 620. The number of carbonyl (C=O) groups excluding carboxylic acids is 2. The summed E-state index contributed by atoms with van der Waals surface area (Å²) in [4.78, 5) is 25.5. The van der Waals surface area contributed by atoms with E-state index in [1.165, 1.54) is 7.11 Å². The third-order valence-electron chi connectivity index (χ3n) is 3.83. The van der Waals surface area contributed by atoms with Gasteiger partial charge in [-0.25, -0.2) is 9.59 Å². The maximum atomic E-state index is 12.1. The summed E-state index contributed by atoms with van der Waals surface area (Å²) in [6, 6.07) is 5.27. The first kappa shape index (κ1) is 18.1. The third kappa shape index (κ3) is 4.40. The molecule has 1 aliphatic heterocycles. The van der Waals surface area contributed by atoms with Gasteiger partial charge in [0.25, 0.3) is 0 Å². The first-order valence-electron chi connectivity index (χ1n) is 8.02. The number of ether oxygens (including phenoxy) is 3. The molecule has 6 heteroatoms. The van der Waals surface area contributed by atoms with E-state index in [2.05, 4.69) is 0 Å². The number of aryl methyl sites for hydroxylation is 1. The Morgan fingerprint density at radius 1 is 1.29 bits per heavy atom. The Labute approximate surface area is 142 Å². The number of rotatable bonds is 4. The van der Waals surface area contributed by atoms with E-state index in [-0.39, 0.29) is 12.1 Å². The van der Waals surface area contributed by atoms with Crippen LogP contribution in [-0.2, 0) is 9.47 Å². The Morgan fingerprint density at radius 2 is 2.00 bits per heavy atom. The highest BCUT2D eigenvalue weighted by Gasteiger charge is 2.35. The molecule has 0 bridgehead atoms. The van der Waals surface area contributed by atoms with Crippen LogP contribution in [0.4, 0.5) is 4.79 Å². The summed E-state index contributed by atoms with van der Waals surface area (Å²) in [7, 11) is 1.35. The lowest BCUT2D eigenvalue weighted by Gasteiger charge is -2.41. The molecule has 2 rings (SSSR count). The average molecular weight is 335 g/mol. The van der Waals surface area contributed by atoms with Crippen molar-refractivity contribution in [3.05, 3.63) is 29.3 Å². The van der Waals surface area contributed by atoms with Crippen molar-refractivity contribution in [1.82, 2.24) is 4.90 Å². The minimum Gasteiger partial charge on any atom is -0.491 e. The van der Waals surface area contributed by atoms with E-state index in [0.29, 0.717) is 24.5 Å². The van der Waals surface area contributed by atoms with E-state index in [9.17, 15) is 9.59 Å². The van der Waals surface area contributed by atoms with Crippen molar-refractivity contribution < 1.29 is 23.8 Å². The lowest BCUT2D eigenvalue weighted by atomic mass is 10.1. The van der Waals surface area contributed by atoms with Gasteiger partial charge in [0, 0.05) is 6.54 Å². The topological polar surface area (TPSA) is 65.1 Å². The van der Waals surface area contributed by atoms with Crippen LogP contribution < -0.4 is 4.74 Å². The van der Waals surface area contributed by atoms with E-state index < -0.39 is 11.6 Å². The minimum atomic E-state index is -0.509. The molecular formula is C18H25NO5. The molecule has 0 N–H and O–H groups in total. The van der Waals surface area contributed by atoms with Crippen molar-refractivity contribution in [3.8, 4) is 5.75 Å². The zero-order valence-electron chi connectivity index (χ0n) is 14.9. The highest BCUT2D eigenvalue weighted by atomic mass is 16.6. The van der Waals surface area contributed by atoms with Crippen LogP contribution in [0.5, 0.6) is 5.75 Å². The van der Waals surface area contributed by atoms with Crippen molar-refractivity contribution in [1.29, 1.82) is 0 Å². The predicted octanol–water partition coefficient (Wildman–Crippen LogP) is 3.17. The van der Waals surface area contributed by atoms with Crippen LogP contribution in [0.1, 0.15) is 43.1 Å². The summed E-state index contributed by atoms with van der Waals surface area (Å²) in [5.41, 5.74) is 0.797. The summed E-state index contributed by atoms with van der Waals surface area (Å²) >= 11 is 0. The van der Waals surface area contributed by atoms with Gasteiger partial charge in [0.05, 0.1) is 18.7 Å². The van der Waals surface area contributed by atoms with Gasteiger partial charge in [0.2, 0.25) is 0 Å². The molecule has 0 aliphatic carbocycles. The lowest BCUT2D eigenvalue weighted by Crippen LogP contribution is -2.55. The summed E-state index contributed by atoms with van der Waals surface area (Å²) < 4.78 is 15.9. The van der Waals surface area contributed by atoms with Crippen molar-refractivity contribution in [2.24, 2.45) is 0 Å². The lowest BCUT2D eigenvalue weighted by molar-refractivity contribution is -0.0141.